The van der Waals surface area contributed by atoms with E-state index in [9.17, 15) is 18.0 Å². The Labute approximate surface area is 135 Å². The molecule has 23 heavy (non-hydrogen) atoms. The number of nitrogens with zero attached hydrogens (tertiary/aromatic N) is 3. The average molecular weight is 346 g/mol. The summed E-state index contributed by atoms with van der Waals surface area (Å²) in [7, 11) is 0. The molecule has 1 fully saturated rings. The smallest absolute Gasteiger partial charge is 0.297 e. The summed E-state index contributed by atoms with van der Waals surface area (Å²) in [5, 5.41) is 0.415. The van der Waals surface area contributed by atoms with Crippen LogP contribution in [0.1, 0.15) is 18.5 Å². The Bertz CT molecular complexity index is 775. The number of alkyl halides is 3. The maximum Gasteiger partial charge on any atom is 0.393 e. The van der Waals surface area contributed by atoms with Crippen molar-refractivity contribution >= 4 is 17.2 Å². The van der Waals surface area contributed by atoms with Gasteiger partial charge < -0.3 is 0 Å². The number of fused-ring (bicyclic) bond motifs is 1. The van der Waals surface area contributed by atoms with E-state index in [-0.39, 0.29) is 25.1 Å². The van der Waals surface area contributed by atoms with Gasteiger partial charge in [-0.2, -0.15) is 13.2 Å². The third-order valence-corrected chi connectivity index (χ3v) is 4.25. The Kier molecular flexibility index (Phi) is 4.33. The summed E-state index contributed by atoms with van der Waals surface area (Å²) >= 11 is 5.84. The highest BCUT2D eigenvalue weighted by Gasteiger charge is 2.41. The number of aromatic nitrogens is 2. The fraction of sp³-hybridized carbons (Fsp3) is 0.467. The summed E-state index contributed by atoms with van der Waals surface area (Å²) in [4.78, 5) is 18.1. The maximum atomic E-state index is 12.9. The van der Waals surface area contributed by atoms with E-state index in [1.54, 1.807) is 17.0 Å². The highest BCUT2D eigenvalue weighted by molar-refractivity contribution is 6.30. The normalized spacial score (nSPS) is 20.1. The van der Waals surface area contributed by atoms with Crippen LogP contribution < -0.4 is 5.56 Å². The minimum Gasteiger partial charge on any atom is -0.297 e. The Balaban J connectivity index is 1.81. The molecule has 1 aliphatic heterocycles. The summed E-state index contributed by atoms with van der Waals surface area (Å²) in [6.07, 6.45) is -2.05. The lowest BCUT2D eigenvalue weighted by molar-refractivity contribution is -0.187. The van der Waals surface area contributed by atoms with Gasteiger partial charge in [0.15, 0.2) is 0 Å². The van der Waals surface area contributed by atoms with E-state index >= 15 is 0 Å². The Morgan fingerprint density at radius 3 is 2.87 bits per heavy atom. The molecular weight excluding hydrogens is 331 g/mol. The highest BCUT2D eigenvalue weighted by Crippen LogP contribution is 2.33. The molecule has 3 heterocycles. The van der Waals surface area contributed by atoms with Gasteiger partial charge in [0, 0.05) is 25.4 Å². The molecule has 2 aromatic rings. The van der Waals surface area contributed by atoms with Crippen LogP contribution in [0.3, 0.4) is 0 Å². The first-order valence-electron chi connectivity index (χ1n) is 7.30. The molecule has 8 heteroatoms. The molecule has 1 saturated heterocycles. The Morgan fingerprint density at radius 2 is 2.13 bits per heavy atom. The molecule has 2 aromatic heterocycles. The number of piperidine rings is 1. The predicted octanol–water partition coefficient (Wildman–Crippen LogP) is 3.12. The molecular formula is C15H15ClF3N3O. The van der Waals surface area contributed by atoms with E-state index in [0.717, 1.165) is 0 Å². The molecule has 1 aliphatic rings. The van der Waals surface area contributed by atoms with E-state index in [2.05, 4.69) is 4.98 Å². The summed E-state index contributed by atoms with van der Waals surface area (Å²) in [6, 6.07) is 4.58. The van der Waals surface area contributed by atoms with Gasteiger partial charge in [-0.3, -0.25) is 14.1 Å². The molecule has 0 unspecified atom stereocenters. The van der Waals surface area contributed by atoms with Gasteiger partial charge in [-0.25, -0.2) is 4.98 Å². The fourth-order valence-electron chi connectivity index (χ4n) is 2.90. The van der Waals surface area contributed by atoms with Crippen molar-refractivity contribution in [3.05, 3.63) is 45.5 Å². The number of hydrogen-bond acceptors (Lipinski definition) is 3. The molecule has 124 valence electrons. The van der Waals surface area contributed by atoms with Crippen LogP contribution in [0, 0.1) is 5.92 Å². The molecule has 0 aliphatic carbocycles. The first-order chi connectivity index (χ1) is 10.8. The molecule has 0 N–H and O–H groups in total. The third-order valence-electron chi connectivity index (χ3n) is 4.03. The number of halogens is 4. The van der Waals surface area contributed by atoms with Crippen LogP contribution >= 0.6 is 11.6 Å². The van der Waals surface area contributed by atoms with Crippen molar-refractivity contribution in [2.75, 3.05) is 13.1 Å². The van der Waals surface area contributed by atoms with Gasteiger partial charge in [-0.05, 0) is 31.5 Å². The van der Waals surface area contributed by atoms with Gasteiger partial charge in [-0.1, -0.05) is 11.6 Å². The molecule has 0 saturated carbocycles. The van der Waals surface area contributed by atoms with Crippen LogP contribution in [0.4, 0.5) is 13.2 Å². The number of likely N-dealkylation sites (tertiary alicyclic amines) is 1. The zero-order chi connectivity index (χ0) is 16.6. The SMILES string of the molecule is O=c1cc(CN2CCC[C@@H](C(F)(F)F)C2)nc2ccc(Cl)cn12. The zero-order valence-electron chi connectivity index (χ0n) is 12.2. The predicted molar refractivity (Wildman–Crippen MR) is 80.5 cm³/mol. The molecule has 3 rings (SSSR count). The quantitative estimate of drug-likeness (QED) is 0.839. The van der Waals surface area contributed by atoms with Gasteiger partial charge in [0.2, 0.25) is 0 Å². The Hall–Kier alpha value is -1.60. The van der Waals surface area contributed by atoms with Crippen LogP contribution in [0.5, 0.6) is 0 Å². The maximum absolute atomic E-state index is 12.9. The molecule has 0 amide bonds. The standard InChI is InChI=1S/C15H15ClF3N3O/c16-11-3-4-13-20-12(6-14(23)22(13)8-11)9-21-5-1-2-10(7-21)15(17,18)19/h3-4,6,8,10H,1-2,5,7,9H2/t10-/m1/s1. The van der Waals surface area contributed by atoms with Crippen LogP contribution in [0.25, 0.3) is 5.65 Å². The lowest BCUT2D eigenvalue weighted by Gasteiger charge is -2.33. The summed E-state index contributed by atoms with van der Waals surface area (Å²) in [5.41, 5.74) is 0.610. The Morgan fingerprint density at radius 1 is 1.35 bits per heavy atom. The number of hydrogen-bond donors (Lipinski definition) is 0. The molecule has 0 aromatic carbocycles. The lowest BCUT2D eigenvalue weighted by atomic mass is 9.97. The summed E-state index contributed by atoms with van der Waals surface area (Å²) in [6.45, 7) is 0.764. The third kappa shape index (κ3) is 3.67. The van der Waals surface area contributed by atoms with E-state index in [4.69, 9.17) is 11.6 Å². The lowest BCUT2D eigenvalue weighted by Crippen LogP contribution is -2.41. The summed E-state index contributed by atoms with van der Waals surface area (Å²) < 4.78 is 39.9. The van der Waals surface area contributed by atoms with Crippen molar-refractivity contribution in [1.29, 1.82) is 0 Å². The second-order valence-corrected chi connectivity index (χ2v) is 6.21. The molecule has 4 nitrogen and oxygen atoms in total. The van der Waals surface area contributed by atoms with Crippen LogP contribution in [0.2, 0.25) is 5.02 Å². The van der Waals surface area contributed by atoms with Crippen LogP contribution in [-0.4, -0.2) is 33.6 Å². The summed E-state index contributed by atoms with van der Waals surface area (Å²) in [5.74, 6) is -1.31. The van der Waals surface area contributed by atoms with Crippen molar-refractivity contribution in [1.82, 2.24) is 14.3 Å². The fourth-order valence-corrected chi connectivity index (χ4v) is 3.06. The molecule has 1 atom stereocenters. The highest BCUT2D eigenvalue weighted by atomic mass is 35.5. The van der Waals surface area contributed by atoms with Crippen molar-refractivity contribution in [2.45, 2.75) is 25.6 Å². The van der Waals surface area contributed by atoms with Gasteiger partial charge in [0.25, 0.3) is 5.56 Å². The number of pyridine rings is 1. The van der Waals surface area contributed by atoms with E-state index in [0.29, 0.717) is 29.3 Å². The van der Waals surface area contributed by atoms with E-state index in [1.807, 2.05) is 0 Å². The van der Waals surface area contributed by atoms with Crippen LogP contribution in [-0.2, 0) is 6.54 Å². The molecule has 0 spiro atoms. The van der Waals surface area contributed by atoms with Gasteiger partial charge >= 0.3 is 6.18 Å². The second kappa shape index (κ2) is 6.13. The van der Waals surface area contributed by atoms with Crippen molar-refractivity contribution in [3.8, 4) is 0 Å². The number of rotatable bonds is 2. The van der Waals surface area contributed by atoms with Gasteiger partial charge in [-0.15, -0.1) is 0 Å². The molecule has 0 bridgehead atoms. The zero-order valence-corrected chi connectivity index (χ0v) is 12.9. The van der Waals surface area contributed by atoms with Crippen molar-refractivity contribution in [3.63, 3.8) is 0 Å². The minimum absolute atomic E-state index is 0.0504. The minimum atomic E-state index is -4.17. The second-order valence-electron chi connectivity index (χ2n) is 5.78. The largest absolute Gasteiger partial charge is 0.393 e. The van der Waals surface area contributed by atoms with Crippen molar-refractivity contribution < 1.29 is 13.2 Å². The van der Waals surface area contributed by atoms with Gasteiger partial charge in [0.05, 0.1) is 16.6 Å². The van der Waals surface area contributed by atoms with E-state index in [1.165, 1.54) is 16.7 Å². The van der Waals surface area contributed by atoms with Gasteiger partial charge in [0.1, 0.15) is 5.65 Å². The first kappa shape index (κ1) is 16.3. The monoisotopic (exact) mass is 345 g/mol. The van der Waals surface area contributed by atoms with Crippen LogP contribution in [0.15, 0.2) is 29.2 Å². The topological polar surface area (TPSA) is 37.6 Å². The average Bonchev–Trinajstić information content (AvgIpc) is 2.48. The molecule has 0 radical (unpaired) electrons. The first-order valence-corrected chi connectivity index (χ1v) is 7.67. The van der Waals surface area contributed by atoms with E-state index < -0.39 is 12.1 Å². The van der Waals surface area contributed by atoms with Crippen molar-refractivity contribution in [2.24, 2.45) is 5.92 Å².